The summed E-state index contributed by atoms with van der Waals surface area (Å²) in [6, 6.07) is 11.1. The number of hydrazone groups is 1. The normalized spacial score (nSPS) is 18.1. The van der Waals surface area contributed by atoms with Crippen LogP contribution in [0.25, 0.3) is 0 Å². The summed E-state index contributed by atoms with van der Waals surface area (Å²) in [4.78, 5) is 30.6. The topological polar surface area (TPSA) is 91.6 Å². The Morgan fingerprint density at radius 2 is 1.92 bits per heavy atom. The SMILES string of the molecule is COc1ccc([C@H]2CC(c3cccn3C)=NN2C(=O)CN(CCN2CCOCC2)C(=O)NC(C)C)cc1. The van der Waals surface area contributed by atoms with Crippen LogP contribution in [0.1, 0.15) is 37.6 Å². The Morgan fingerprint density at radius 1 is 1.19 bits per heavy atom. The molecule has 0 spiro atoms. The molecule has 2 aliphatic rings. The van der Waals surface area contributed by atoms with Gasteiger partial charge in [0.05, 0.1) is 37.8 Å². The lowest BCUT2D eigenvalue weighted by Crippen LogP contribution is -2.50. The predicted octanol–water partition coefficient (Wildman–Crippen LogP) is 2.46. The molecule has 2 aromatic rings. The van der Waals surface area contributed by atoms with Crippen LogP contribution in [0, 0.1) is 0 Å². The van der Waals surface area contributed by atoms with Crippen LogP contribution >= 0.6 is 0 Å². The van der Waals surface area contributed by atoms with E-state index in [0.29, 0.717) is 32.7 Å². The fraction of sp³-hybridized carbons (Fsp3) is 0.519. The maximum absolute atomic E-state index is 13.7. The zero-order valence-electron chi connectivity index (χ0n) is 22.2. The number of ether oxygens (including phenoxy) is 2. The van der Waals surface area contributed by atoms with Gasteiger partial charge >= 0.3 is 6.03 Å². The van der Waals surface area contributed by atoms with Crippen LogP contribution < -0.4 is 10.1 Å². The Hall–Kier alpha value is -3.37. The Labute approximate surface area is 218 Å². The largest absolute Gasteiger partial charge is 0.497 e. The molecule has 0 bridgehead atoms. The standard InChI is InChI=1S/C27H38N6O4/c1-20(2)28-27(35)32(13-12-31-14-16-37-17-15-31)19-26(34)33-25(21-7-9-22(36-4)10-8-21)18-23(29-33)24-6-5-11-30(24)3/h5-11,20,25H,12-19H2,1-4H3,(H,28,35)/t25-/m1/s1. The first-order valence-corrected chi connectivity index (χ1v) is 12.9. The molecule has 0 saturated carbocycles. The summed E-state index contributed by atoms with van der Waals surface area (Å²) in [7, 11) is 3.60. The first kappa shape index (κ1) is 26.7. The van der Waals surface area contributed by atoms with Gasteiger partial charge in [-0.25, -0.2) is 9.80 Å². The fourth-order valence-electron chi connectivity index (χ4n) is 4.65. The number of urea groups is 1. The van der Waals surface area contributed by atoms with Crippen molar-refractivity contribution >= 4 is 17.6 Å². The molecule has 1 aromatic carbocycles. The van der Waals surface area contributed by atoms with Gasteiger partial charge in [-0.3, -0.25) is 9.69 Å². The summed E-state index contributed by atoms with van der Waals surface area (Å²) in [5.74, 6) is 0.536. The van der Waals surface area contributed by atoms with E-state index < -0.39 is 0 Å². The number of carbonyl (C=O) groups excluding carboxylic acids is 2. The predicted molar refractivity (Wildman–Crippen MR) is 142 cm³/mol. The van der Waals surface area contributed by atoms with Gasteiger partial charge in [-0.1, -0.05) is 12.1 Å². The summed E-state index contributed by atoms with van der Waals surface area (Å²) in [5, 5.41) is 9.27. The van der Waals surface area contributed by atoms with Crippen LogP contribution in [0.2, 0.25) is 0 Å². The third kappa shape index (κ3) is 6.69. The first-order chi connectivity index (χ1) is 17.9. The van der Waals surface area contributed by atoms with E-state index in [2.05, 4.69) is 10.2 Å². The molecule has 10 heteroatoms. The number of aromatic nitrogens is 1. The second-order valence-electron chi connectivity index (χ2n) is 9.76. The molecule has 0 unspecified atom stereocenters. The van der Waals surface area contributed by atoms with Crippen molar-refractivity contribution in [2.45, 2.75) is 32.4 Å². The monoisotopic (exact) mass is 510 g/mol. The number of aryl methyl sites for hydroxylation is 1. The van der Waals surface area contributed by atoms with Gasteiger partial charge in [0.25, 0.3) is 5.91 Å². The highest BCUT2D eigenvalue weighted by molar-refractivity contribution is 6.02. The maximum atomic E-state index is 13.7. The van der Waals surface area contributed by atoms with Gasteiger partial charge in [0.15, 0.2) is 0 Å². The van der Waals surface area contributed by atoms with Crippen LogP contribution in [0.3, 0.4) is 0 Å². The molecule has 1 aromatic heterocycles. The average Bonchev–Trinajstić information content (AvgIpc) is 3.53. The van der Waals surface area contributed by atoms with Crippen molar-refractivity contribution in [1.82, 2.24) is 24.7 Å². The number of amides is 3. The molecule has 0 radical (unpaired) electrons. The van der Waals surface area contributed by atoms with Gasteiger partial charge in [-0.05, 0) is 43.7 Å². The molecule has 2 aliphatic heterocycles. The Balaban J connectivity index is 1.55. The molecule has 1 fully saturated rings. The quantitative estimate of drug-likeness (QED) is 0.560. The molecular weight excluding hydrogens is 472 g/mol. The van der Waals surface area contributed by atoms with E-state index in [9.17, 15) is 9.59 Å². The van der Waals surface area contributed by atoms with Gasteiger partial charge in [0.1, 0.15) is 12.3 Å². The maximum Gasteiger partial charge on any atom is 0.318 e. The van der Waals surface area contributed by atoms with Crippen LogP contribution in [0.4, 0.5) is 4.79 Å². The zero-order chi connectivity index (χ0) is 26.4. The van der Waals surface area contributed by atoms with E-state index in [1.165, 1.54) is 0 Å². The third-order valence-corrected chi connectivity index (χ3v) is 6.72. The van der Waals surface area contributed by atoms with Crippen LogP contribution in [-0.2, 0) is 16.6 Å². The fourth-order valence-corrected chi connectivity index (χ4v) is 4.65. The van der Waals surface area contributed by atoms with E-state index in [1.807, 2.05) is 68.1 Å². The van der Waals surface area contributed by atoms with Crippen molar-refractivity contribution in [3.8, 4) is 5.75 Å². The van der Waals surface area contributed by atoms with Crippen LogP contribution in [0.15, 0.2) is 47.7 Å². The number of nitrogens with one attached hydrogen (secondary N) is 1. The average molecular weight is 511 g/mol. The molecule has 37 heavy (non-hydrogen) atoms. The van der Waals surface area contributed by atoms with E-state index in [0.717, 1.165) is 35.8 Å². The lowest BCUT2D eigenvalue weighted by molar-refractivity contribution is -0.133. The highest BCUT2D eigenvalue weighted by Gasteiger charge is 2.35. The number of nitrogens with zero attached hydrogens (tertiary/aromatic N) is 5. The van der Waals surface area contributed by atoms with E-state index in [4.69, 9.17) is 14.6 Å². The van der Waals surface area contributed by atoms with Crippen molar-refractivity contribution in [3.63, 3.8) is 0 Å². The molecular formula is C27H38N6O4. The molecule has 3 amide bonds. The molecule has 10 nitrogen and oxygen atoms in total. The molecule has 200 valence electrons. The summed E-state index contributed by atoms with van der Waals surface area (Å²) in [6.07, 6.45) is 2.55. The lowest BCUT2D eigenvalue weighted by atomic mass is 10.0. The van der Waals surface area contributed by atoms with Gasteiger partial charge in [0, 0.05) is 51.9 Å². The minimum atomic E-state index is -0.266. The number of carbonyl (C=O) groups is 2. The van der Waals surface area contributed by atoms with Crippen LogP contribution in [0.5, 0.6) is 5.75 Å². The Kier molecular flexibility index (Phi) is 8.83. The number of methoxy groups -OCH3 is 1. The second kappa shape index (κ2) is 12.2. The summed E-state index contributed by atoms with van der Waals surface area (Å²) in [6.45, 7) is 7.91. The van der Waals surface area contributed by atoms with E-state index >= 15 is 0 Å². The first-order valence-electron chi connectivity index (χ1n) is 12.9. The highest BCUT2D eigenvalue weighted by Crippen LogP contribution is 2.33. The number of morpholine rings is 1. The molecule has 3 heterocycles. The lowest BCUT2D eigenvalue weighted by Gasteiger charge is -2.31. The zero-order valence-corrected chi connectivity index (χ0v) is 22.2. The minimum Gasteiger partial charge on any atom is -0.497 e. The van der Waals surface area contributed by atoms with E-state index in [1.54, 1.807) is 17.0 Å². The van der Waals surface area contributed by atoms with Crippen molar-refractivity contribution in [3.05, 3.63) is 53.9 Å². The number of benzene rings is 1. The van der Waals surface area contributed by atoms with Crippen molar-refractivity contribution in [1.29, 1.82) is 0 Å². The van der Waals surface area contributed by atoms with Gasteiger partial charge in [-0.15, -0.1) is 0 Å². The van der Waals surface area contributed by atoms with Gasteiger partial charge in [-0.2, -0.15) is 5.10 Å². The number of rotatable bonds is 9. The van der Waals surface area contributed by atoms with Crippen molar-refractivity contribution in [2.24, 2.45) is 12.1 Å². The summed E-state index contributed by atoms with van der Waals surface area (Å²) < 4.78 is 12.8. The third-order valence-electron chi connectivity index (χ3n) is 6.72. The van der Waals surface area contributed by atoms with Crippen molar-refractivity contribution in [2.75, 3.05) is 53.0 Å². The second-order valence-corrected chi connectivity index (χ2v) is 9.76. The van der Waals surface area contributed by atoms with E-state index in [-0.39, 0.29) is 30.6 Å². The smallest absolute Gasteiger partial charge is 0.318 e. The Morgan fingerprint density at radius 3 is 2.54 bits per heavy atom. The molecule has 0 aliphatic carbocycles. The molecule has 4 rings (SSSR count). The summed E-state index contributed by atoms with van der Waals surface area (Å²) in [5.41, 5.74) is 2.78. The Bertz CT molecular complexity index is 1090. The highest BCUT2D eigenvalue weighted by atomic mass is 16.5. The summed E-state index contributed by atoms with van der Waals surface area (Å²) >= 11 is 0. The van der Waals surface area contributed by atoms with Gasteiger partial charge < -0.3 is 24.3 Å². The van der Waals surface area contributed by atoms with Gasteiger partial charge in [0.2, 0.25) is 0 Å². The molecule has 1 N–H and O–H groups in total. The minimum absolute atomic E-state index is 0.0331. The number of hydrogen-bond acceptors (Lipinski definition) is 6. The van der Waals surface area contributed by atoms with Crippen molar-refractivity contribution < 1.29 is 19.1 Å². The molecule has 1 saturated heterocycles. The number of hydrogen-bond donors (Lipinski definition) is 1. The van der Waals surface area contributed by atoms with Crippen LogP contribution in [-0.4, -0.2) is 96.1 Å². The molecule has 1 atom stereocenters.